The van der Waals surface area contributed by atoms with Crippen molar-refractivity contribution in [1.29, 1.82) is 0 Å². The molecule has 5 nitrogen and oxygen atoms in total. The first-order valence-corrected chi connectivity index (χ1v) is 9.97. The van der Waals surface area contributed by atoms with E-state index in [2.05, 4.69) is 4.90 Å². The summed E-state index contributed by atoms with van der Waals surface area (Å²) in [5.41, 5.74) is 2.75. The predicted octanol–water partition coefficient (Wildman–Crippen LogP) is 4.24. The van der Waals surface area contributed by atoms with E-state index in [9.17, 15) is 9.90 Å². The molecule has 1 aliphatic rings. The van der Waals surface area contributed by atoms with E-state index in [4.69, 9.17) is 21.4 Å². The highest BCUT2D eigenvalue weighted by molar-refractivity contribution is 6.33. The van der Waals surface area contributed by atoms with Crippen molar-refractivity contribution < 1.29 is 19.7 Å². The van der Waals surface area contributed by atoms with Gasteiger partial charge in [0.25, 0.3) is 0 Å². The minimum Gasteiger partial charge on any atom is -0.478 e. The van der Waals surface area contributed by atoms with Crippen molar-refractivity contribution in [2.45, 2.75) is 32.0 Å². The van der Waals surface area contributed by atoms with E-state index >= 15 is 0 Å². The van der Waals surface area contributed by atoms with Gasteiger partial charge >= 0.3 is 5.97 Å². The Hall–Kier alpha value is -1.92. The molecular formula is C22H26ClNO4. The highest BCUT2D eigenvalue weighted by atomic mass is 35.5. The minimum absolute atomic E-state index is 0.153. The van der Waals surface area contributed by atoms with Gasteiger partial charge < -0.3 is 19.8 Å². The van der Waals surface area contributed by atoms with Crippen molar-refractivity contribution in [2.75, 3.05) is 26.2 Å². The lowest BCUT2D eigenvalue weighted by atomic mass is 9.96. The van der Waals surface area contributed by atoms with Crippen LogP contribution in [0.5, 0.6) is 0 Å². The van der Waals surface area contributed by atoms with Gasteiger partial charge in [-0.1, -0.05) is 41.9 Å². The molecule has 2 N–H and O–H groups in total. The largest absolute Gasteiger partial charge is 0.478 e. The molecule has 2 aromatic carbocycles. The van der Waals surface area contributed by atoms with E-state index < -0.39 is 12.1 Å². The van der Waals surface area contributed by atoms with Crippen LogP contribution in [-0.4, -0.2) is 53.4 Å². The molecule has 28 heavy (non-hydrogen) atoms. The summed E-state index contributed by atoms with van der Waals surface area (Å²) in [5, 5.41) is 19.8. The number of aliphatic hydroxyl groups is 1. The van der Waals surface area contributed by atoms with Crippen molar-refractivity contribution in [3.05, 3.63) is 58.6 Å². The quantitative estimate of drug-likeness (QED) is 0.689. The number of likely N-dealkylation sites (tertiary alicyclic amines) is 1. The summed E-state index contributed by atoms with van der Waals surface area (Å²) in [4.78, 5) is 13.4. The Balaban J connectivity index is 1.71. The number of aliphatic hydroxyl groups excluding tert-OH is 1. The van der Waals surface area contributed by atoms with Crippen LogP contribution in [0, 0.1) is 0 Å². The highest BCUT2D eigenvalue weighted by Gasteiger charge is 2.19. The molecule has 2 aromatic rings. The van der Waals surface area contributed by atoms with Crippen LogP contribution < -0.4 is 0 Å². The smallest absolute Gasteiger partial charge is 0.335 e. The first-order valence-electron chi connectivity index (χ1n) is 9.60. The fraction of sp³-hybridized carbons (Fsp3) is 0.409. The van der Waals surface area contributed by atoms with Crippen molar-refractivity contribution >= 4 is 17.6 Å². The van der Waals surface area contributed by atoms with E-state index in [1.54, 1.807) is 12.1 Å². The van der Waals surface area contributed by atoms with E-state index in [-0.39, 0.29) is 18.3 Å². The van der Waals surface area contributed by atoms with Crippen molar-refractivity contribution in [3.63, 3.8) is 0 Å². The third-order valence-corrected chi connectivity index (χ3v) is 5.42. The Morgan fingerprint density at radius 3 is 2.57 bits per heavy atom. The molecule has 3 rings (SSSR count). The summed E-state index contributed by atoms with van der Waals surface area (Å²) >= 11 is 6.36. The third-order valence-electron chi connectivity index (χ3n) is 5.11. The van der Waals surface area contributed by atoms with Crippen LogP contribution in [0.3, 0.4) is 0 Å². The van der Waals surface area contributed by atoms with Crippen molar-refractivity contribution in [1.82, 2.24) is 4.90 Å². The topological polar surface area (TPSA) is 70.0 Å². The third kappa shape index (κ3) is 5.11. The van der Waals surface area contributed by atoms with Gasteiger partial charge in [0.2, 0.25) is 0 Å². The molecule has 6 heteroatoms. The Labute approximate surface area is 170 Å². The Kier molecular flexibility index (Phi) is 7.08. The van der Waals surface area contributed by atoms with Crippen LogP contribution >= 0.6 is 11.6 Å². The molecule has 0 spiro atoms. The Morgan fingerprint density at radius 2 is 1.89 bits per heavy atom. The van der Waals surface area contributed by atoms with E-state index in [0.717, 1.165) is 29.8 Å². The summed E-state index contributed by atoms with van der Waals surface area (Å²) < 4.78 is 5.95. The van der Waals surface area contributed by atoms with Crippen molar-refractivity contribution in [2.24, 2.45) is 0 Å². The van der Waals surface area contributed by atoms with Crippen molar-refractivity contribution in [3.8, 4) is 11.1 Å². The molecule has 0 amide bonds. The van der Waals surface area contributed by atoms with E-state index in [1.807, 2.05) is 31.2 Å². The lowest BCUT2D eigenvalue weighted by Crippen LogP contribution is -2.33. The van der Waals surface area contributed by atoms with Gasteiger partial charge in [-0.05, 0) is 56.1 Å². The van der Waals surface area contributed by atoms with Gasteiger partial charge in [0.1, 0.15) is 0 Å². The molecule has 1 fully saturated rings. The molecular weight excluding hydrogens is 378 g/mol. The molecule has 1 aliphatic heterocycles. The maximum Gasteiger partial charge on any atom is 0.335 e. The van der Waals surface area contributed by atoms with E-state index in [1.165, 1.54) is 18.9 Å². The molecule has 0 aliphatic carbocycles. The second kappa shape index (κ2) is 9.52. The normalized spacial score (nSPS) is 16.8. The molecule has 0 bridgehead atoms. The zero-order valence-corrected chi connectivity index (χ0v) is 16.7. The zero-order valence-electron chi connectivity index (χ0n) is 16.0. The lowest BCUT2D eigenvalue weighted by molar-refractivity contribution is -0.0131. The van der Waals surface area contributed by atoms with Gasteiger partial charge in [0.05, 0.1) is 24.4 Å². The fourth-order valence-electron chi connectivity index (χ4n) is 3.62. The van der Waals surface area contributed by atoms with Crippen LogP contribution in [0.15, 0.2) is 42.5 Å². The summed E-state index contributed by atoms with van der Waals surface area (Å²) in [5.74, 6) is -1.01. The van der Waals surface area contributed by atoms with Crippen LogP contribution in [-0.2, 0) is 4.74 Å². The molecule has 0 saturated carbocycles. The number of β-amino-alcohol motifs (C(OH)–C–C–N with tert-alkyl or cyclic N) is 1. The van der Waals surface area contributed by atoms with Crippen LogP contribution in [0.25, 0.3) is 11.1 Å². The average Bonchev–Trinajstić information content (AvgIpc) is 3.19. The fourth-order valence-corrected chi connectivity index (χ4v) is 3.91. The van der Waals surface area contributed by atoms with Gasteiger partial charge in [-0.25, -0.2) is 4.79 Å². The summed E-state index contributed by atoms with van der Waals surface area (Å²) in [7, 11) is 0. The van der Waals surface area contributed by atoms with Crippen LogP contribution in [0.2, 0.25) is 5.02 Å². The number of hydrogen-bond acceptors (Lipinski definition) is 4. The number of carboxylic acids is 1. The highest BCUT2D eigenvalue weighted by Crippen LogP contribution is 2.35. The second-order valence-electron chi connectivity index (χ2n) is 7.22. The maximum absolute atomic E-state index is 11.1. The minimum atomic E-state index is -1.01. The van der Waals surface area contributed by atoms with Gasteiger partial charge in [-0.3, -0.25) is 0 Å². The molecule has 0 aromatic heterocycles. The average molecular weight is 404 g/mol. The van der Waals surface area contributed by atoms with Gasteiger partial charge in [0, 0.05) is 17.1 Å². The molecule has 150 valence electrons. The first-order chi connectivity index (χ1) is 13.5. The molecule has 1 saturated heterocycles. The summed E-state index contributed by atoms with van der Waals surface area (Å²) in [6.45, 7) is 4.93. The number of halogens is 1. The van der Waals surface area contributed by atoms with Gasteiger partial charge in [-0.15, -0.1) is 0 Å². The monoisotopic (exact) mass is 403 g/mol. The number of ether oxygens (including phenoxy) is 1. The zero-order chi connectivity index (χ0) is 20.1. The lowest BCUT2D eigenvalue weighted by Gasteiger charge is -2.22. The number of nitrogens with zero attached hydrogens (tertiary/aromatic N) is 1. The van der Waals surface area contributed by atoms with Gasteiger partial charge in [-0.2, -0.15) is 0 Å². The number of benzene rings is 2. The molecule has 2 atom stereocenters. The maximum atomic E-state index is 11.1. The number of rotatable bonds is 8. The van der Waals surface area contributed by atoms with Crippen LogP contribution in [0.1, 0.15) is 41.8 Å². The molecule has 1 heterocycles. The number of carboxylic acid groups (broad SMARTS) is 1. The molecule has 0 radical (unpaired) electrons. The van der Waals surface area contributed by atoms with E-state index in [0.29, 0.717) is 11.6 Å². The SMILES string of the molecule is CC(OCC(O)CN1CCCC1)c1ccccc1-c1ccc(C(=O)O)cc1Cl. The Bertz CT molecular complexity index is 820. The summed E-state index contributed by atoms with van der Waals surface area (Å²) in [6, 6.07) is 12.5. The number of carbonyl (C=O) groups is 1. The first kappa shape index (κ1) is 20.8. The number of hydrogen-bond donors (Lipinski definition) is 2. The molecule has 2 unspecified atom stereocenters. The van der Waals surface area contributed by atoms with Crippen LogP contribution in [0.4, 0.5) is 0 Å². The standard InChI is InChI=1S/C22H26ClNO4/c1-15(28-14-17(25)13-24-10-4-5-11-24)18-6-2-3-7-19(18)20-9-8-16(22(26)27)12-21(20)23/h2-3,6-9,12,15,17,25H,4-5,10-11,13-14H2,1H3,(H,26,27). The second-order valence-corrected chi connectivity index (χ2v) is 7.63. The Morgan fingerprint density at radius 1 is 1.18 bits per heavy atom. The van der Waals surface area contributed by atoms with Gasteiger partial charge in [0.15, 0.2) is 0 Å². The summed E-state index contributed by atoms with van der Waals surface area (Å²) in [6.07, 6.45) is 1.63. The predicted molar refractivity (Wildman–Crippen MR) is 110 cm³/mol. The number of aromatic carboxylic acids is 1.